The van der Waals surface area contributed by atoms with Gasteiger partial charge in [-0.3, -0.25) is 14.5 Å². The minimum absolute atomic E-state index is 0.0629. The largest absolute Gasteiger partial charge is 0.497 e. The number of ether oxygens (including phenoxy) is 1. The lowest BCUT2D eigenvalue weighted by atomic mass is 10.1. The summed E-state index contributed by atoms with van der Waals surface area (Å²) in [5, 5.41) is 5.62. The van der Waals surface area contributed by atoms with Gasteiger partial charge in [-0.2, -0.15) is 0 Å². The maximum atomic E-state index is 14.1. The van der Waals surface area contributed by atoms with Crippen molar-refractivity contribution >= 4 is 39.8 Å². The van der Waals surface area contributed by atoms with E-state index in [1.54, 1.807) is 48.5 Å². The number of hydrogen-bond donors (Lipinski definition) is 1. The van der Waals surface area contributed by atoms with Crippen LogP contribution >= 0.6 is 11.3 Å². The van der Waals surface area contributed by atoms with E-state index in [0.717, 1.165) is 25.7 Å². The number of carbonyl (C=O) groups is 2. The summed E-state index contributed by atoms with van der Waals surface area (Å²) in [5.74, 6) is -0.384. The molecule has 2 aromatic carbocycles. The Morgan fingerprint density at radius 2 is 1.86 bits per heavy atom. The number of hydrogen-bond acceptors (Lipinski definition) is 6. The van der Waals surface area contributed by atoms with Crippen LogP contribution in [0.3, 0.4) is 0 Å². The molecule has 1 fully saturated rings. The molecule has 36 heavy (non-hydrogen) atoms. The van der Waals surface area contributed by atoms with Crippen molar-refractivity contribution in [1.82, 2.24) is 5.32 Å². The molecule has 0 bridgehead atoms. The van der Waals surface area contributed by atoms with Crippen molar-refractivity contribution in [3.8, 4) is 5.75 Å². The summed E-state index contributed by atoms with van der Waals surface area (Å²) in [4.78, 5) is 42.9. The molecule has 1 aliphatic carbocycles. The molecule has 7 nitrogen and oxygen atoms in total. The zero-order chi connectivity index (χ0) is 25.1. The first-order valence-corrected chi connectivity index (χ1v) is 12.8. The van der Waals surface area contributed by atoms with Crippen molar-refractivity contribution in [3.63, 3.8) is 0 Å². The summed E-state index contributed by atoms with van der Waals surface area (Å²) in [6.07, 6.45) is 3.94. The van der Waals surface area contributed by atoms with Gasteiger partial charge in [0.25, 0.3) is 5.91 Å². The lowest BCUT2D eigenvalue weighted by Gasteiger charge is -2.31. The van der Waals surface area contributed by atoms with E-state index in [1.165, 1.54) is 29.4 Å². The smallest absolute Gasteiger partial charge is 0.349 e. The Morgan fingerprint density at radius 3 is 2.61 bits per heavy atom. The quantitative estimate of drug-likeness (QED) is 0.346. The van der Waals surface area contributed by atoms with Crippen molar-refractivity contribution < 1.29 is 18.7 Å². The molecule has 1 unspecified atom stereocenters. The lowest BCUT2D eigenvalue weighted by Crippen LogP contribution is -2.47. The van der Waals surface area contributed by atoms with Crippen LogP contribution in [-0.4, -0.2) is 25.0 Å². The molecule has 1 saturated carbocycles. The van der Waals surface area contributed by atoms with Gasteiger partial charge in [-0.05, 0) is 48.6 Å². The SMILES string of the molecule is COc1cccc(N(C(=O)c2cc3ccccc3oc2=O)C(C(=O)NC2CCCC2)c2cccs2)c1. The highest BCUT2D eigenvalue weighted by Crippen LogP contribution is 2.34. The number of rotatable bonds is 7. The van der Waals surface area contributed by atoms with Crippen LogP contribution in [0, 0.1) is 0 Å². The molecule has 0 radical (unpaired) electrons. The second kappa shape index (κ2) is 10.4. The van der Waals surface area contributed by atoms with Gasteiger partial charge in [0.2, 0.25) is 5.91 Å². The van der Waals surface area contributed by atoms with Crippen molar-refractivity contribution in [2.45, 2.75) is 37.8 Å². The minimum atomic E-state index is -0.976. The number of amides is 2. The molecule has 0 aliphatic heterocycles. The zero-order valence-electron chi connectivity index (χ0n) is 19.8. The van der Waals surface area contributed by atoms with Gasteiger partial charge in [0.15, 0.2) is 6.04 Å². The van der Waals surface area contributed by atoms with E-state index in [1.807, 2.05) is 17.5 Å². The molecular formula is C28H26N2O5S. The fraction of sp³-hybridized carbons (Fsp3) is 0.250. The second-order valence-corrected chi connectivity index (χ2v) is 9.75. The monoisotopic (exact) mass is 502 g/mol. The van der Waals surface area contributed by atoms with Gasteiger partial charge in [-0.1, -0.05) is 43.2 Å². The fourth-order valence-electron chi connectivity index (χ4n) is 4.66. The summed E-state index contributed by atoms with van der Waals surface area (Å²) >= 11 is 1.38. The van der Waals surface area contributed by atoms with Crippen molar-refractivity contribution in [2.75, 3.05) is 12.0 Å². The van der Waals surface area contributed by atoms with Crippen LogP contribution in [0.1, 0.15) is 47.0 Å². The molecule has 5 rings (SSSR count). The first kappa shape index (κ1) is 23.8. The maximum absolute atomic E-state index is 14.1. The van der Waals surface area contributed by atoms with E-state index >= 15 is 0 Å². The van der Waals surface area contributed by atoms with Crippen molar-refractivity contribution in [2.24, 2.45) is 0 Å². The Morgan fingerprint density at radius 1 is 1.06 bits per heavy atom. The number of benzene rings is 2. The maximum Gasteiger partial charge on any atom is 0.349 e. The van der Waals surface area contributed by atoms with Crippen LogP contribution in [0.5, 0.6) is 5.75 Å². The number of nitrogens with zero attached hydrogens (tertiary/aromatic N) is 1. The fourth-order valence-corrected chi connectivity index (χ4v) is 5.47. The molecule has 1 N–H and O–H groups in total. The van der Waals surface area contributed by atoms with Gasteiger partial charge >= 0.3 is 5.63 Å². The summed E-state index contributed by atoms with van der Waals surface area (Å²) in [7, 11) is 1.53. The molecule has 8 heteroatoms. The molecule has 0 spiro atoms. The van der Waals surface area contributed by atoms with Gasteiger partial charge in [-0.25, -0.2) is 4.79 Å². The molecule has 2 heterocycles. The number of fused-ring (bicyclic) bond motifs is 1. The van der Waals surface area contributed by atoms with E-state index in [4.69, 9.17) is 9.15 Å². The number of methoxy groups -OCH3 is 1. The Labute approximate surface area is 212 Å². The van der Waals surface area contributed by atoms with Crippen LogP contribution in [0.25, 0.3) is 11.0 Å². The average molecular weight is 503 g/mol. The Balaban J connectivity index is 1.65. The first-order valence-electron chi connectivity index (χ1n) is 11.9. The Bertz CT molecular complexity index is 1440. The van der Waals surface area contributed by atoms with Crippen molar-refractivity contribution in [3.05, 3.63) is 93.0 Å². The molecule has 4 aromatic rings. The summed E-state index contributed by atoms with van der Waals surface area (Å²) in [5.41, 5.74) is -0.0767. The molecular weight excluding hydrogens is 476 g/mol. The van der Waals surface area contributed by atoms with Gasteiger partial charge < -0.3 is 14.5 Å². The summed E-state index contributed by atoms with van der Waals surface area (Å²) in [6, 6.07) is 18.2. The van der Waals surface area contributed by atoms with Gasteiger partial charge in [-0.15, -0.1) is 11.3 Å². The third-order valence-electron chi connectivity index (χ3n) is 6.44. The van der Waals surface area contributed by atoms with Crippen LogP contribution in [-0.2, 0) is 4.79 Å². The molecule has 0 saturated heterocycles. The lowest BCUT2D eigenvalue weighted by molar-refractivity contribution is -0.123. The van der Waals surface area contributed by atoms with Gasteiger partial charge in [0.05, 0.1) is 7.11 Å². The zero-order valence-corrected chi connectivity index (χ0v) is 20.6. The molecule has 2 aromatic heterocycles. The van der Waals surface area contributed by atoms with Crippen LogP contribution in [0.2, 0.25) is 0 Å². The molecule has 2 amide bonds. The van der Waals surface area contributed by atoms with Crippen molar-refractivity contribution in [1.29, 1.82) is 0 Å². The highest BCUT2D eigenvalue weighted by molar-refractivity contribution is 7.10. The Kier molecular flexibility index (Phi) is 6.86. The van der Waals surface area contributed by atoms with E-state index in [2.05, 4.69) is 5.32 Å². The summed E-state index contributed by atoms with van der Waals surface area (Å²) < 4.78 is 10.9. The predicted molar refractivity (Wildman–Crippen MR) is 140 cm³/mol. The van der Waals surface area contributed by atoms with Crippen LogP contribution in [0.15, 0.2) is 81.3 Å². The normalized spacial score (nSPS) is 14.5. The highest BCUT2D eigenvalue weighted by atomic mass is 32.1. The van der Waals surface area contributed by atoms with E-state index in [0.29, 0.717) is 27.3 Å². The van der Waals surface area contributed by atoms with E-state index in [-0.39, 0.29) is 17.5 Å². The average Bonchev–Trinajstić information content (AvgIpc) is 3.61. The third kappa shape index (κ3) is 4.77. The number of nitrogens with one attached hydrogen (secondary N) is 1. The highest BCUT2D eigenvalue weighted by Gasteiger charge is 2.36. The minimum Gasteiger partial charge on any atom is -0.497 e. The topological polar surface area (TPSA) is 88.8 Å². The van der Waals surface area contributed by atoms with E-state index < -0.39 is 17.6 Å². The third-order valence-corrected chi connectivity index (χ3v) is 7.37. The summed E-state index contributed by atoms with van der Waals surface area (Å²) in [6.45, 7) is 0. The van der Waals surface area contributed by atoms with Crippen LogP contribution in [0.4, 0.5) is 5.69 Å². The number of para-hydroxylation sites is 1. The molecule has 1 atom stereocenters. The molecule has 184 valence electrons. The second-order valence-electron chi connectivity index (χ2n) is 8.77. The predicted octanol–water partition coefficient (Wildman–Crippen LogP) is 5.31. The number of anilines is 1. The molecule has 1 aliphatic rings. The van der Waals surface area contributed by atoms with Crippen LogP contribution < -0.4 is 20.6 Å². The van der Waals surface area contributed by atoms with Gasteiger partial charge in [0, 0.05) is 28.1 Å². The standard InChI is InChI=1S/C28H26N2O5S/c1-34-21-12-6-11-20(17-21)30(27(32)22-16-18-8-2-5-13-23(18)35-28(22)33)25(24-14-7-15-36-24)26(31)29-19-9-3-4-10-19/h2,5-8,11-17,19,25H,3-4,9-10H2,1H3,(H,29,31). The Hall–Kier alpha value is -3.91. The first-order chi connectivity index (χ1) is 17.5. The number of thiophene rings is 1. The number of carbonyl (C=O) groups excluding carboxylic acids is 2. The van der Waals surface area contributed by atoms with Gasteiger partial charge in [0.1, 0.15) is 16.9 Å². The van der Waals surface area contributed by atoms with E-state index in [9.17, 15) is 14.4 Å².